The molecule has 1 atom stereocenters. The molecule has 3 aromatic rings. The monoisotopic (exact) mass is 447 g/mol. The van der Waals surface area contributed by atoms with Crippen LogP contribution in [-0.4, -0.2) is 55.2 Å². The van der Waals surface area contributed by atoms with E-state index in [2.05, 4.69) is 41.2 Å². The van der Waals surface area contributed by atoms with Gasteiger partial charge in [-0.2, -0.15) is 0 Å². The Morgan fingerprint density at radius 1 is 1.18 bits per heavy atom. The number of nitrogens with zero attached hydrogens (tertiary/aromatic N) is 3. The van der Waals surface area contributed by atoms with E-state index in [4.69, 9.17) is 9.26 Å². The van der Waals surface area contributed by atoms with Crippen LogP contribution in [0, 0.1) is 12.3 Å². The number of aryl methyl sites for hydroxylation is 1. The van der Waals surface area contributed by atoms with Crippen LogP contribution in [0.2, 0.25) is 0 Å². The van der Waals surface area contributed by atoms with E-state index in [0.29, 0.717) is 13.0 Å². The fourth-order valence-electron chi connectivity index (χ4n) is 4.85. The highest BCUT2D eigenvalue weighted by molar-refractivity contribution is 5.83. The second-order valence-electron chi connectivity index (χ2n) is 9.37. The smallest absolute Gasteiger partial charge is 0.230 e. The van der Waals surface area contributed by atoms with Gasteiger partial charge >= 0.3 is 0 Å². The number of hydrogen-bond acceptors (Lipinski definition) is 5. The zero-order chi connectivity index (χ0) is 23.4. The van der Waals surface area contributed by atoms with Gasteiger partial charge in [-0.15, -0.1) is 0 Å². The number of methoxy groups -OCH3 is 1. The molecule has 0 saturated carbocycles. The number of piperidine rings is 1. The number of amides is 1. The number of likely N-dealkylation sites (tertiary alicyclic amines) is 1. The third kappa shape index (κ3) is 5.28. The molecule has 1 amide bonds. The zero-order valence-electron chi connectivity index (χ0n) is 20.0. The van der Waals surface area contributed by atoms with E-state index in [1.54, 1.807) is 12.0 Å². The van der Waals surface area contributed by atoms with Crippen molar-refractivity contribution in [3.63, 3.8) is 0 Å². The van der Waals surface area contributed by atoms with E-state index >= 15 is 0 Å². The Morgan fingerprint density at radius 3 is 2.70 bits per heavy atom. The first-order valence-corrected chi connectivity index (χ1v) is 11.5. The van der Waals surface area contributed by atoms with Crippen LogP contribution in [0.3, 0.4) is 0 Å². The summed E-state index contributed by atoms with van der Waals surface area (Å²) in [6.07, 6.45) is 2.33. The second-order valence-corrected chi connectivity index (χ2v) is 9.37. The van der Waals surface area contributed by atoms with Gasteiger partial charge in [0.25, 0.3) is 0 Å². The van der Waals surface area contributed by atoms with E-state index < -0.39 is 5.41 Å². The lowest BCUT2D eigenvalue weighted by Gasteiger charge is -2.42. The average Bonchev–Trinajstić information content (AvgIpc) is 3.27. The van der Waals surface area contributed by atoms with Crippen LogP contribution in [0.5, 0.6) is 5.75 Å². The van der Waals surface area contributed by atoms with Crippen LogP contribution in [0.15, 0.2) is 59.1 Å². The summed E-state index contributed by atoms with van der Waals surface area (Å²) in [5.41, 5.74) is 3.68. The Labute approximate surface area is 196 Å². The minimum Gasteiger partial charge on any atom is -0.497 e. The van der Waals surface area contributed by atoms with Crippen LogP contribution in [0.1, 0.15) is 29.7 Å². The molecule has 1 aliphatic heterocycles. The van der Waals surface area contributed by atoms with Crippen molar-refractivity contribution in [3.05, 3.63) is 71.5 Å². The van der Waals surface area contributed by atoms with Crippen LogP contribution in [0.4, 0.5) is 0 Å². The summed E-state index contributed by atoms with van der Waals surface area (Å²) in [4.78, 5) is 17.5. The summed E-state index contributed by atoms with van der Waals surface area (Å²) in [5.74, 6) is 1.75. The average molecular weight is 448 g/mol. The van der Waals surface area contributed by atoms with Gasteiger partial charge in [0.15, 0.2) is 0 Å². The largest absolute Gasteiger partial charge is 0.497 e. The zero-order valence-corrected chi connectivity index (χ0v) is 20.0. The molecule has 174 valence electrons. The fraction of sp³-hybridized carbons (Fsp3) is 0.407. The second kappa shape index (κ2) is 9.79. The normalized spacial score (nSPS) is 18.8. The maximum Gasteiger partial charge on any atom is 0.230 e. The molecule has 6 nitrogen and oxygen atoms in total. The molecule has 1 fully saturated rings. The molecule has 4 rings (SSSR count). The molecule has 33 heavy (non-hydrogen) atoms. The third-order valence-corrected chi connectivity index (χ3v) is 6.48. The van der Waals surface area contributed by atoms with Gasteiger partial charge < -0.3 is 14.2 Å². The molecular weight excluding hydrogens is 414 g/mol. The molecule has 1 saturated heterocycles. The number of carbonyl (C=O) groups is 1. The first kappa shape index (κ1) is 23.1. The molecule has 1 aromatic heterocycles. The lowest BCUT2D eigenvalue weighted by molar-refractivity contribution is -0.143. The number of carbonyl (C=O) groups excluding carboxylic acids is 1. The van der Waals surface area contributed by atoms with Crippen LogP contribution in [0.25, 0.3) is 11.3 Å². The minimum absolute atomic E-state index is 0.145. The number of hydrogen-bond donors (Lipinski definition) is 0. The van der Waals surface area contributed by atoms with Gasteiger partial charge in [-0.3, -0.25) is 9.69 Å². The van der Waals surface area contributed by atoms with Crippen molar-refractivity contribution in [1.82, 2.24) is 15.0 Å². The van der Waals surface area contributed by atoms with E-state index in [0.717, 1.165) is 48.7 Å². The van der Waals surface area contributed by atoms with Crippen molar-refractivity contribution < 1.29 is 14.1 Å². The first-order chi connectivity index (χ1) is 15.9. The Bertz CT molecular complexity index is 1090. The summed E-state index contributed by atoms with van der Waals surface area (Å²) in [7, 11) is 5.36. The Hall–Kier alpha value is -3.12. The quantitative estimate of drug-likeness (QED) is 0.531. The van der Waals surface area contributed by atoms with Gasteiger partial charge in [-0.05, 0) is 44.0 Å². The van der Waals surface area contributed by atoms with Crippen LogP contribution < -0.4 is 4.74 Å². The van der Waals surface area contributed by atoms with Gasteiger partial charge in [0.1, 0.15) is 17.2 Å². The maximum atomic E-state index is 13.5. The maximum absolute atomic E-state index is 13.5. The molecule has 2 heterocycles. The van der Waals surface area contributed by atoms with Gasteiger partial charge in [0.2, 0.25) is 5.91 Å². The number of benzene rings is 2. The SMILES string of the molecule is COc1cccc(CN2CCC[C@@](Cc3cc(-c4ccc(C)cc4)no3)(C(=O)N(C)C)C2)c1. The lowest BCUT2D eigenvalue weighted by Crippen LogP contribution is -2.52. The van der Waals surface area contributed by atoms with Crippen LogP contribution in [-0.2, 0) is 17.8 Å². The van der Waals surface area contributed by atoms with Crippen molar-refractivity contribution in [1.29, 1.82) is 0 Å². The molecule has 1 aliphatic rings. The van der Waals surface area contributed by atoms with Crippen LogP contribution >= 0.6 is 0 Å². The number of aromatic nitrogens is 1. The third-order valence-electron chi connectivity index (χ3n) is 6.48. The van der Waals surface area contributed by atoms with E-state index in [1.165, 1.54) is 11.1 Å². The fourth-order valence-corrected chi connectivity index (χ4v) is 4.85. The molecule has 0 N–H and O–H groups in total. The highest BCUT2D eigenvalue weighted by atomic mass is 16.5. The summed E-state index contributed by atoms with van der Waals surface area (Å²) in [6, 6.07) is 18.4. The standard InChI is InChI=1S/C27H33N3O3/c1-20-9-11-22(12-10-20)25-16-24(33-28-25)17-27(26(31)29(2)3)13-6-14-30(19-27)18-21-7-5-8-23(15-21)32-4/h5,7-12,15-16H,6,13-14,17-19H2,1-4H3/t27-/m0/s1. The summed E-state index contributed by atoms with van der Waals surface area (Å²) in [5, 5.41) is 4.30. The van der Waals surface area contributed by atoms with Crippen molar-refractivity contribution in [2.75, 3.05) is 34.3 Å². The van der Waals surface area contributed by atoms with E-state index in [1.807, 2.05) is 44.4 Å². The Morgan fingerprint density at radius 2 is 1.97 bits per heavy atom. The molecule has 0 spiro atoms. The molecule has 0 radical (unpaired) electrons. The van der Waals surface area contributed by atoms with Crippen molar-refractivity contribution in [2.45, 2.75) is 32.7 Å². The number of rotatable bonds is 7. The number of ether oxygens (including phenoxy) is 1. The highest BCUT2D eigenvalue weighted by Crippen LogP contribution is 2.37. The lowest BCUT2D eigenvalue weighted by atomic mass is 9.75. The predicted octanol–water partition coefficient (Wildman–Crippen LogP) is 4.57. The van der Waals surface area contributed by atoms with Gasteiger partial charge in [0.05, 0.1) is 12.5 Å². The van der Waals surface area contributed by atoms with Crippen molar-refractivity contribution >= 4 is 5.91 Å². The van der Waals surface area contributed by atoms with E-state index in [-0.39, 0.29) is 5.91 Å². The highest BCUT2D eigenvalue weighted by Gasteiger charge is 2.44. The van der Waals surface area contributed by atoms with Crippen molar-refractivity contribution in [3.8, 4) is 17.0 Å². The van der Waals surface area contributed by atoms with Gasteiger partial charge in [-0.25, -0.2) is 0 Å². The summed E-state index contributed by atoms with van der Waals surface area (Å²) >= 11 is 0. The molecule has 0 aliphatic carbocycles. The Kier molecular flexibility index (Phi) is 6.84. The Balaban J connectivity index is 1.56. The van der Waals surface area contributed by atoms with Crippen molar-refractivity contribution in [2.24, 2.45) is 5.41 Å². The minimum atomic E-state index is -0.537. The molecular formula is C27H33N3O3. The summed E-state index contributed by atoms with van der Waals surface area (Å²) < 4.78 is 11.1. The first-order valence-electron chi connectivity index (χ1n) is 11.5. The molecule has 0 unspecified atom stereocenters. The predicted molar refractivity (Wildman–Crippen MR) is 129 cm³/mol. The molecule has 0 bridgehead atoms. The van der Waals surface area contributed by atoms with Gasteiger partial charge in [-0.1, -0.05) is 47.1 Å². The van der Waals surface area contributed by atoms with E-state index in [9.17, 15) is 4.79 Å². The molecule has 2 aromatic carbocycles. The topological polar surface area (TPSA) is 58.8 Å². The molecule has 6 heteroatoms. The summed E-state index contributed by atoms with van der Waals surface area (Å²) in [6.45, 7) is 4.49. The van der Waals surface area contributed by atoms with Gasteiger partial charge in [0, 0.05) is 45.2 Å².